The van der Waals surface area contributed by atoms with Crippen LogP contribution < -0.4 is 0 Å². The molecule has 1 spiro atoms. The molecule has 2 radical (unpaired) electrons. The Morgan fingerprint density at radius 3 is 1.29 bits per heavy atom. The molecule has 2 aliphatic heterocycles. The third-order valence-electron chi connectivity index (χ3n) is 1.79. The summed E-state index contributed by atoms with van der Waals surface area (Å²) >= 11 is 1.75. The van der Waals surface area contributed by atoms with Crippen LogP contribution in [-0.2, 0) is 0 Å². The summed E-state index contributed by atoms with van der Waals surface area (Å²) in [5, 5.41) is 6.72. The van der Waals surface area contributed by atoms with Gasteiger partial charge in [-0.1, -0.05) is 0 Å². The molecule has 0 aromatic rings. The molecule has 2 saturated heterocycles. The molecule has 0 unspecified atom stereocenters. The third kappa shape index (κ3) is 0.636. The van der Waals surface area contributed by atoms with Crippen molar-refractivity contribution in [3.05, 3.63) is 0 Å². The van der Waals surface area contributed by atoms with Gasteiger partial charge in [-0.05, 0) is 0 Å². The van der Waals surface area contributed by atoms with Crippen molar-refractivity contribution in [1.29, 1.82) is 0 Å². The maximum atomic E-state index is 1.68. The van der Waals surface area contributed by atoms with Crippen LogP contribution in [0.2, 0.25) is 20.8 Å². The molecule has 2 fully saturated rings. The number of hydrogen-bond donors (Lipinski definition) is 0. The van der Waals surface area contributed by atoms with Gasteiger partial charge in [-0.25, -0.2) is 0 Å². The Balaban J connectivity index is 2.00. The molecule has 0 saturated carbocycles. The summed E-state index contributed by atoms with van der Waals surface area (Å²) in [6.45, 7) is 0. The summed E-state index contributed by atoms with van der Waals surface area (Å²) < 4.78 is 0. The fourth-order valence-electron chi connectivity index (χ4n) is 1.06. The van der Waals surface area contributed by atoms with E-state index in [0.717, 1.165) is 36.9 Å². The molecule has 38 valence electrons. The normalized spacial score (nSPS) is 54.9. The van der Waals surface area contributed by atoms with Gasteiger partial charge in [0.2, 0.25) is 0 Å². The van der Waals surface area contributed by atoms with Gasteiger partial charge in [0, 0.05) is 0 Å². The molecule has 2 aliphatic rings. The van der Waals surface area contributed by atoms with E-state index in [1.807, 2.05) is 0 Å². The van der Waals surface area contributed by atoms with Crippen LogP contribution in [0, 0.1) is 5.41 Å². The standard InChI is InChI=1S/C5H8As2/c1-5(2-6-1)3-7-4-5/h1-4H2. The minimum atomic E-state index is 0.877. The van der Waals surface area contributed by atoms with Crippen LogP contribution in [0.5, 0.6) is 0 Å². The molecule has 0 atom stereocenters. The Bertz CT molecular complexity index is 66.6. The Morgan fingerprint density at radius 1 is 0.857 bits per heavy atom. The summed E-state index contributed by atoms with van der Waals surface area (Å²) in [5.74, 6) is 0. The summed E-state index contributed by atoms with van der Waals surface area (Å²) in [7, 11) is 0. The zero-order valence-corrected chi connectivity index (χ0v) is 7.98. The molecule has 0 N–H and O–H groups in total. The first kappa shape index (κ1) is 4.95. The van der Waals surface area contributed by atoms with E-state index in [2.05, 4.69) is 0 Å². The van der Waals surface area contributed by atoms with Gasteiger partial charge in [0.05, 0.1) is 0 Å². The summed E-state index contributed by atoms with van der Waals surface area (Å²) in [6, 6.07) is 0. The van der Waals surface area contributed by atoms with E-state index < -0.39 is 0 Å². The summed E-state index contributed by atoms with van der Waals surface area (Å²) in [5.41, 5.74) is 1.03. The minimum absolute atomic E-state index is 0.877. The zero-order chi connectivity index (χ0) is 4.74. The Hall–Kier alpha value is 1.12. The second-order valence-corrected chi connectivity index (χ2v) is 7.11. The van der Waals surface area contributed by atoms with Crippen molar-refractivity contribution in [3.63, 3.8) is 0 Å². The van der Waals surface area contributed by atoms with Crippen LogP contribution in [0.1, 0.15) is 0 Å². The zero-order valence-electron chi connectivity index (χ0n) is 4.22. The van der Waals surface area contributed by atoms with Crippen LogP contribution in [0.25, 0.3) is 0 Å². The second-order valence-electron chi connectivity index (χ2n) is 2.58. The summed E-state index contributed by atoms with van der Waals surface area (Å²) in [6.07, 6.45) is 0. The topological polar surface area (TPSA) is 0 Å². The van der Waals surface area contributed by atoms with E-state index in [1.165, 1.54) is 0 Å². The van der Waals surface area contributed by atoms with E-state index >= 15 is 0 Å². The van der Waals surface area contributed by atoms with Crippen molar-refractivity contribution in [2.75, 3.05) is 0 Å². The molecule has 0 aromatic heterocycles. The Labute approximate surface area is 57.8 Å². The molecule has 0 nitrogen and oxygen atoms in total. The summed E-state index contributed by atoms with van der Waals surface area (Å²) in [4.78, 5) is 0. The molecule has 2 heterocycles. The van der Waals surface area contributed by atoms with Crippen molar-refractivity contribution in [1.82, 2.24) is 0 Å². The van der Waals surface area contributed by atoms with Crippen LogP contribution >= 0.6 is 0 Å². The van der Waals surface area contributed by atoms with Crippen LogP contribution in [0.3, 0.4) is 0 Å². The molecule has 0 bridgehead atoms. The Kier molecular flexibility index (Phi) is 1.09. The van der Waals surface area contributed by atoms with E-state index in [-0.39, 0.29) is 0 Å². The first-order chi connectivity index (χ1) is 3.41. The van der Waals surface area contributed by atoms with Crippen LogP contribution in [-0.4, -0.2) is 31.5 Å². The van der Waals surface area contributed by atoms with Crippen molar-refractivity contribution < 1.29 is 0 Å². The third-order valence-corrected chi connectivity index (χ3v) is 9.30. The molecule has 2 heteroatoms. The fraction of sp³-hybridized carbons (Fsp3) is 1.00. The van der Waals surface area contributed by atoms with Gasteiger partial charge in [0.15, 0.2) is 0 Å². The van der Waals surface area contributed by atoms with Gasteiger partial charge >= 0.3 is 57.8 Å². The quantitative estimate of drug-likeness (QED) is 0.533. The number of hydrogen-bond acceptors (Lipinski definition) is 0. The van der Waals surface area contributed by atoms with E-state index in [1.54, 1.807) is 20.8 Å². The molecule has 2 rings (SSSR count). The maximum absolute atomic E-state index is 1.68. The predicted octanol–water partition coefficient (Wildman–Crippen LogP) is 1.08. The number of rotatable bonds is 0. The first-order valence-corrected chi connectivity index (χ1v) is 7.99. The van der Waals surface area contributed by atoms with Crippen molar-refractivity contribution in [2.45, 2.75) is 20.8 Å². The molecular weight excluding hydrogens is 210 g/mol. The van der Waals surface area contributed by atoms with Gasteiger partial charge in [0.25, 0.3) is 0 Å². The van der Waals surface area contributed by atoms with Gasteiger partial charge in [-0.3, -0.25) is 0 Å². The first-order valence-electron chi connectivity index (χ1n) is 2.68. The molecular formula is C5H8As2. The van der Waals surface area contributed by atoms with Crippen molar-refractivity contribution >= 4 is 31.5 Å². The average Bonchev–Trinajstić information content (AvgIpc) is 1.20. The van der Waals surface area contributed by atoms with Crippen molar-refractivity contribution in [2.24, 2.45) is 5.41 Å². The molecule has 0 aromatic carbocycles. The van der Waals surface area contributed by atoms with Crippen LogP contribution in [0.15, 0.2) is 0 Å². The average molecular weight is 218 g/mol. The van der Waals surface area contributed by atoms with Gasteiger partial charge in [-0.15, -0.1) is 0 Å². The SMILES string of the molecule is C1[As]CC12C[As]C2. The van der Waals surface area contributed by atoms with Gasteiger partial charge in [0.1, 0.15) is 0 Å². The molecule has 7 heavy (non-hydrogen) atoms. The van der Waals surface area contributed by atoms with Gasteiger partial charge < -0.3 is 0 Å². The van der Waals surface area contributed by atoms with Gasteiger partial charge in [-0.2, -0.15) is 0 Å². The predicted molar refractivity (Wildman–Crippen MR) is 33.2 cm³/mol. The van der Waals surface area contributed by atoms with E-state index in [4.69, 9.17) is 0 Å². The monoisotopic (exact) mass is 218 g/mol. The fourth-order valence-corrected chi connectivity index (χ4v) is 9.85. The molecule has 0 aliphatic carbocycles. The molecule has 0 amide bonds. The second kappa shape index (κ2) is 1.55. The van der Waals surface area contributed by atoms with Crippen LogP contribution in [0.4, 0.5) is 0 Å². The van der Waals surface area contributed by atoms with Crippen molar-refractivity contribution in [3.8, 4) is 0 Å². The Morgan fingerprint density at radius 2 is 1.29 bits per heavy atom. The van der Waals surface area contributed by atoms with E-state index in [0.29, 0.717) is 0 Å². The van der Waals surface area contributed by atoms with E-state index in [9.17, 15) is 0 Å².